The van der Waals surface area contributed by atoms with E-state index in [-0.39, 0.29) is 22.5 Å². The normalized spacial score (nSPS) is 12.7. The van der Waals surface area contributed by atoms with Crippen LogP contribution in [0.4, 0.5) is 11.4 Å². The molecule has 0 fully saturated rings. The fraction of sp³-hybridized carbons (Fsp3) is 0.188. The topological polar surface area (TPSA) is 84.9 Å². The monoisotopic (exact) mass is 416 g/mol. The van der Waals surface area contributed by atoms with Gasteiger partial charge in [0.05, 0.1) is 11.9 Å². The molecule has 3 rings (SSSR count). The van der Waals surface area contributed by atoms with Crippen molar-refractivity contribution >= 4 is 50.5 Å². The Morgan fingerprint density at radius 3 is 2.42 bits per heavy atom. The second-order valence-corrected chi connectivity index (χ2v) is 8.29. The van der Waals surface area contributed by atoms with E-state index < -0.39 is 22.5 Å². The van der Waals surface area contributed by atoms with Crippen molar-refractivity contribution in [3.05, 3.63) is 46.4 Å². The minimum Gasteiger partial charge on any atom is -0.454 e. The number of benzene rings is 2. The molecule has 138 valence electrons. The SMILES string of the molecule is CS(=O)(=O)N(CC(=O)Nc1ccc2c(c1)OCO2)c1cc(Cl)cc(Cl)c1. The van der Waals surface area contributed by atoms with Gasteiger partial charge in [0.1, 0.15) is 6.54 Å². The number of hydrogen-bond donors (Lipinski definition) is 1. The number of nitrogens with zero attached hydrogens (tertiary/aromatic N) is 1. The molecule has 10 heteroatoms. The maximum atomic E-state index is 12.4. The summed E-state index contributed by atoms with van der Waals surface area (Å²) in [6.07, 6.45) is 0.996. The average Bonchev–Trinajstić information content (AvgIpc) is 2.98. The summed E-state index contributed by atoms with van der Waals surface area (Å²) in [5.41, 5.74) is 0.655. The molecule has 7 nitrogen and oxygen atoms in total. The number of carbonyl (C=O) groups is 1. The molecule has 0 unspecified atom stereocenters. The molecule has 1 aliphatic rings. The fourth-order valence-electron chi connectivity index (χ4n) is 2.39. The van der Waals surface area contributed by atoms with Gasteiger partial charge >= 0.3 is 0 Å². The molecule has 0 aliphatic carbocycles. The van der Waals surface area contributed by atoms with Crippen molar-refractivity contribution < 1.29 is 22.7 Å². The lowest BCUT2D eigenvalue weighted by atomic mass is 10.2. The molecule has 0 radical (unpaired) electrons. The van der Waals surface area contributed by atoms with Crippen molar-refractivity contribution in [2.24, 2.45) is 0 Å². The molecule has 0 spiro atoms. The summed E-state index contributed by atoms with van der Waals surface area (Å²) in [7, 11) is -3.74. The van der Waals surface area contributed by atoms with Crippen LogP contribution < -0.4 is 19.1 Å². The number of nitrogens with one attached hydrogen (secondary N) is 1. The number of amides is 1. The number of anilines is 2. The average molecular weight is 417 g/mol. The van der Waals surface area contributed by atoms with E-state index in [0.717, 1.165) is 10.6 Å². The lowest BCUT2D eigenvalue weighted by molar-refractivity contribution is -0.114. The molecule has 0 atom stereocenters. The van der Waals surface area contributed by atoms with Crippen LogP contribution in [0, 0.1) is 0 Å². The van der Waals surface area contributed by atoms with E-state index >= 15 is 0 Å². The Morgan fingerprint density at radius 2 is 1.77 bits per heavy atom. The standard InChI is InChI=1S/C16H14Cl2N2O5S/c1-26(22,23)20(13-5-10(17)4-11(18)6-13)8-16(21)19-12-2-3-14-15(7-12)25-9-24-14/h2-7H,8-9H2,1H3,(H,19,21). The Morgan fingerprint density at radius 1 is 1.12 bits per heavy atom. The summed E-state index contributed by atoms with van der Waals surface area (Å²) in [5, 5.41) is 3.15. The number of hydrogen-bond acceptors (Lipinski definition) is 5. The molecular formula is C16H14Cl2N2O5S. The van der Waals surface area contributed by atoms with Crippen molar-refractivity contribution in [3.8, 4) is 11.5 Å². The van der Waals surface area contributed by atoms with E-state index in [1.165, 1.54) is 18.2 Å². The highest BCUT2D eigenvalue weighted by molar-refractivity contribution is 7.92. The molecule has 2 aromatic carbocycles. The van der Waals surface area contributed by atoms with Crippen molar-refractivity contribution in [2.45, 2.75) is 0 Å². The van der Waals surface area contributed by atoms with Crippen molar-refractivity contribution in [2.75, 3.05) is 29.2 Å². The Hall–Kier alpha value is -2.16. The van der Waals surface area contributed by atoms with E-state index in [1.807, 2.05) is 0 Å². The van der Waals surface area contributed by atoms with Crippen LogP contribution in [-0.4, -0.2) is 33.9 Å². The third-order valence-electron chi connectivity index (χ3n) is 3.48. The summed E-state index contributed by atoms with van der Waals surface area (Å²) in [4.78, 5) is 12.4. The Labute approximate surface area is 160 Å². The quantitative estimate of drug-likeness (QED) is 0.808. The van der Waals surface area contributed by atoms with Crippen LogP contribution in [0.2, 0.25) is 10.0 Å². The molecule has 0 aromatic heterocycles. The highest BCUT2D eigenvalue weighted by Crippen LogP contribution is 2.34. The van der Waals surface area contributed by atoms with Gasteiger partial charge in [-0.25, -0.2) is 8.42 Å². The van der Waals surface area contributed by atoms with Crippen LogP contribution in [0.1, 0.15) is 0 Å². The van der Waals surface area contributed by atoms with Gasteiger partial charge in [0, 0.05) is 21.8 Å². The van der Waals surface area contributed by atoms with Crippen LogP contribution >= 0.6 is 23.2 Å². The van der Waals surface area contributed by atoms with Gasteiger partial charge in [-0.15, -0.1) is 0 Å². The molecule has 2 aromatic rings. The van der Waals surface area contributed by atoms with Crippen molar-refractivity contribution in [1.29, 1.82) is 0 Å². The predicted molar refractivity (Wildman–Crippen MR) is 99.8 cm³/mol. The predicted octanol–water partition coefficient (Wildman–Crippen LogP) is 3.13. The number of carbonyl (C=O) groups excluding carboxylic acids is 1. The first-order valence-corrected chi connectivity index (χ1v) is 9.96. The third-order valence-corrected chi connectivity index (χ3v) is 5.06. The summed E-state index contributed by atoms with van der Waals surface area (Å²) in [6, 6.07) is 9.20. The Kier molecular flexibility index (Phi) is 5.17. The van der Waals surface area contributed by atoms with Gasteiger partial charge in [-0.05, 0) is 30.3 Å². The van der Waals surface area contributed by atoms with E-state index in [9.17, 15) is 13.2 Å². The maximum absolute atomic E-state index is 12.4. The zero-order valence-corrected chi connectivity index (χ0v) is 15.9. The minimum absolute atomic E-state index is 0.115. The molecule has 0 saturated carbocycles. The zero-order valence-electron chi connectivity index (χ0n) is 13.5. The largest absolute Gasteiger partial charge is 0.454 e. The molecule has 1 amide bonds. The van der Waals surface area contributed by atoms with E-state index in [0.29, 0.717) is 17.2 Å². The molecule has 0 bridgehead atoms. The number of halogens is 2. The molecule has 1 heterocycles. The highest BCUT2D eigenvalue weighted by Gasteiger charge is 2.22. The van der Waals surface area contributed by atoms with E-state index in [1.54, 1.807) is 18.2 Å². The first kappa shape index (κ1) is 18.6. The highest BCUT2D eigenvalue weighted by atomic mass is 35.5. The lowest BCUT2D eigenvalue weighted by Crippen LogP contribution is -2.37. The van der Waals surface area contributed by atoms with Crippen molar-refractivity contribution in [3.63, 3.8) is 0 Å². The summed E-state index contributed by atoms with van der Waals surface area (Å²) in [6.45, 7) is -0.325. The molecule has 26 heavy (non-hydrogen) atoms. The summed E-state index contributed by atoms with van der Waals surface area (Å²) in [5.74, 6) is 0.545. The molecule has 1 N–H and O–H groups in total. The maximum Gasteiger partial charge on any atom is 0.245 e. The number of fused-ring (bicyclic) bond motifs is 1. The van der Waals surface area contributed by atoms with Gasteiger partial charge in [-0.2, -0.15) is 0 Å². The van der Waals surface area contributed by atoms with Gasteiger partial charge in [0.25, 0.3) is 0 Å². The van der Waals surface area contributed by atoms with Crippen LogP contribution in [0.15, 0.2) is 36.4 Å². The van der Waals surface area contributed by atoms with Gasteiger partial charge in [-0.1, -0.05) is 23.2 Å². The van der Waals surface area contributed by atoms with Crippen LogP contribution in [0.5, 0.6) is 11.5 Å². The number of rotatable bonds is 5. The smallest absolute Gasteiger partial charge is 0.245 e. The zero-order chi connectivity index (χ0) is 18.9. The first-order valence-electron chi connectivity index (χ1n) is 7.36. The molecule has 0 saturated heterocycles. The van der Waals surface area contributed by atoms with Crippen molar-refractivity contribution in [1.82, 2.24) is 0 Å². The second kappa shape index (κ2) is 7.22. The van der Waals surface area contributed by atoms with Gasteiger partial charge < -0.3 is 14.8 Å². The van der Waals surface area contributed by atoms with Crippen LogP contribution in [-0.2, 0) is 14.8 Å². The van der Waals surface area contributed by atoms with Gasteiger partial charge in [0.15, 0.2) is 11.5 Å². The Bertz CT molecular complexity index is 945. The number of sulfonamides is 1. The van der Waals surface area contributed by atoms with Gasteiger partial charge in [-0.3, -0.25) is 9.10 Å². The minimum atomic E-state index is -3.74. The van der Waals surface area contributed by atoms with Crippen LogP contribution in [0.25, 0.3) is 0 Å². The van der Waals surface area contributed by atoms with Gasteiger partial charge in [0.2, 0.25) is 22.7 Å². The summed E-state index contributed by atoms with van der Waals surface area (Å²) >= 11 is 11.9. The molecular weight excluding hydrogens is 403 g/mol. The van der Waals surface area contributed by atoms with E-state index in [4.69, 9.17) is 32.7 Å². The molecule has 1 aliphatic heterocycles. The summed E-state index contributed by atoms with van der Waals surface area (Å²) < 4.78 is 35.6. The lowest BCUT2D eigenvalue weighted by Gasteiger charge is -2.22. The third kappa shape index (κ3) is 4.32. The first-order chi connectivity index (χ1) is 12.2. The van der Waals surface area contributed by atoms with E-state index in [2.05, 4.69) is 5.32 Å². The van der Waals surface area contributed by atoms with Crippen LogP contribution in [0.3, 0.4) is 0 Å². The second-order valence-electron chi connectivity index (χ2n) is 5.51. The number of ether oxygens (including phenoxy) is 2. The fourth-order valence-corrected chi connectivity index (χ4v) is 3.74. The Balaban J connectivity index is 1.80.